The fraction of sp³-hybridized carbons (Fsp3) is 0.649. The molecule has 0 unspecified atom stereocenters. The number of nitrogens with two attached hydrogens (primary N) is 4. The summed E-state index contributed by atoms with van der Waals surface area (Å²) in [6, 6.07) is 2.10. The number of unbranched alkanes of at least 4 members (excludes halogenated alkanes) is 3. The Morgan fingerprint density at radius 2 is 1.00 bits per heavy atom. The minimum absolute atomic E-state index is 0.0324. The van der Waals surface area contributed by atoms with E-state index in [-0.39, 0.29) is 32.2 Å². The third kappa shape index (κ3) is 19.0. The van der Waals surface area contributed by atoms with Crippen molar-refractivity contribution in [1.29, 1.82) is 0 Å². The van der Waals surface area contributed by atoms with Crippen LogP contribution in [0.15, 0.2) is 30.3 Å². The van der Waals surface area contributed by atoms with E-state index in [2.05, 4.69) is 31.9 Å². The highest BCUT2D eigenvalue weighted by Crippen LogP contribution is 2.10. The van der Waals surface area contributed by atoms with E-state index in [0.29, 0.717) is 63.7 Å². The lowest BCUT2D eigenvalue weighted by atomic mass is 9.99. The summed E-state index contributed by atoms with van der Waals surface area (Å²) in [5, 5.41) is 25.4. The molecule has 0 aliphatic carbocycles. The molecule has 6 atom stereocenters. The maximum atomic E-state index is 13.9. The van der Waals surface area contributed by atoms with Gasteiger partial charge in [0.2, 0.25) is 35.4 Å². The summed E-state index contributed by atoms with van der Waals surface area (Å²) in [5.41, 5.74) is 22.9. The number of benzene rings is 1. The van der Waals surface area contributed by atoms with Crippen LogP contribution in [0, 0.1) is 5.92 Å². The molecule has 15 N–H and O–H groups in total. The van der Waals surface area contributed by atoms with Gasteiger partial charge in [0.1, 0.15) is 36.3 Å². The lowest BCUT2D eigenvalue weighted by Crippen LogP contribution is -2.60. The number of hydrogen-bond acceptors (Lipinski definition) is 11. The molecule has 1 rings (SSSR count). The predicted molar refractivity (Wildman–Crippen MR) is 208 cm³/mol. The van der Waals surface area contributed by atoms with Crippen molar-refractivity contribution in [3.8, 4) is 0 Å². The van der Waals surface area contributed by atoms with Crippen LogP contribution < -0.4 is 54.8 Å². The van der Waals surface area contributed by atoms with E-state index in [0.717, 1.165) is 0 Å². The van der Waals surface area contributed by atoms with Crippen molar-refractivity contribution < 1.29 is 38.7 Å². The molecule has 0 radical (unpaired) electrons. The second-order valence-corrected chi connectivity index (χ2v) is 13.8. The van der Waals surface area contributed by atoms with Gasteiger partial charge in [0.15, 0.2) is 0 Å². The minimum atomic E-state index is -1.22. The Hall–Kier alpha value is -4.65. The van der Waals surface area contributed by atoms with Crippen LogP contribution in [-0.4, -0.2) is 109 Å². The van der Waals surface area contributed by atoms with Gasteiger partial charge in [-0.15, -0.1) is 0 Å². The molecule has 0 heterocycles. The summed E-state index contributed by atoms with van der Waals surface area (Å²) in [5.74, 6) is -5.62. The Kier molecular flexibility index (Phi) is 23.8. The van der Waals surface area contributed by atoms with Crippen molar-refractivity contribution in [1.82, 2.24) is 31.9 Å². The van der Waals surface area contributed by atoms with Crippen LogP contribution in [0.4, 0.5) is 0 Å². The molecule has 0 bridgehead atoms. The van der Waals surface area contributed by atoms with Crippen molar-refractivity contribution in [3.63, 3.8) is 0 Å². The molecule has 55 heavy (non-hydrogen) atoms. The van der Waals surface area contributed by atoms with Crippen molar-refractivity contribution >= 4 is 41.4 Å². The second-order valence-electron chi connectivity index (χ2n) is 13.8. The number of hydrogen-bond donors (Lipinski definition) is 11. The van der Waals surface area contributed by atoms with Crippen molar-refractivity contribution in [2.45, 2.75) is 121 Å². The number of carbonyl (C=O) groups excluding carboxylic acids is 6. The topological polar surface area (TPSA) is 316 Å². The molecule has 18 nitrogen and oxygen atoms in total. The van der Waals surface area contributed by atoms with E-state index in [9.17, 15) is 38.7 Å². The molecule has 0 saturated carbocycles. The van der Waals surface area contributed by atoms with Gasteiger partial charge in [-0.05, 0) is 95.8 Å². The number of aliphatic carboxylic acids is 1. The van der Waals surface area contributed by atoms with Gasteiger partial charge >= 0.3 is 5.97 Å². The van der Waals surface area contributed by atoms with Gasteiger partial charge in [0.05, 0.1) is 6.54 Å². The van der Waals surface area contributed by atoms with Gasteiger partial charge in [-0.2, -0.15) is 0 Å². The summed E-state index contributed by atoms with van der Waals surface area (Å²) in [4.78, 5) is 91.4. The van der Waals surface area contributed by atoms with E-state index in [1.165, 1.54) is 6.92 Å². The van der Waals surface area contributed by atoms with Crippen molar-refractivity contribution in [3.05, 3.63) is 35.9 Å². The zero-order chi connectivity index (χ0) is 41.3. The molecular weight excluding hydrogens is 712 g/mol. The summed E-state index contributed by atoms with van der Waals surface area (Å²) in [6.45, 7) is 5.62. The van der Waals surface area contributed by atoms with E-state index in [1.807, 2.05) is 0 Å². The third-order valence-electron chi connectivity index (χ3n) is 8.84. The molecular formula is C37H64N10O8. The minimum Gasteiger partial charge on any atom is -0.480 e. The summed E-state index contributed by atoms with van der Waals surface area (Å²) < 4.78 is 0. The predicted octanol–water partition coefficient (Wildman–Crippen LogP) is -1.76. The van der Waals surface area contributed by atoms with Crippen molar-refractivity contribution in [2.75, 3.05) is 26.2 Å². The van der Waals surface area contributed by atoms with Gasteiger partial charge in [-0.3, -0.25) is 28.8 Å². The fourth-order valence-electron chi connectivity index (χ4n) is 5.58. The Morgan fingerprint density at radius 1 is 0.545 bits per heavy atom. The molecule has 1 aromatic carbocycles. The number of carboxylic acids is 1. The third-order valence-corrected chi connectivity index (χ3v) is 8.84. The second kappa shape index (κ2) is 27.0. The maximum Gasteiger partial charge on any atom is 0.326 e. The molecule has 0 saturated heterocycles. The van der Waals surface area contributed by atoms with Crippen molar-refractivity contribution in [2.24, 2.45) is 28.9 Å². The SMILES string of the molecule is CC(C)[C@H](NC(=O)[C@H](Cc1ccccc1)NC(=O)[C@H](C)NC(=O)[C@H](CCCCN)NC(=O)CN)C(=O)N[C@@H](CCCCN)C(=O)N[C@@H](CCCCN)C(=O)O. The maximum absolute atomic E-state index is 13.9. The Bertz CT molecular complexity index is 1370. The molecule has 310 valence electrons. The normalized spacial score (nSPS) is 14.3. The van der Waals surface area contributed by atoms with Gasteiger partial charge in [0, 0.05) is 6.42 Å². The van der Waals surface area contributed by atoms with E-state index < -0.39 is 83.6 Å². The van der Waals surface area contributed by atoms with Crippen LogP contribution in [0.25, 0.3) is 0 Å². The van der Waals surface area contributed by atoms with Gasteiger partial charge in [-0.25, -0.2) is 4.79 Å². The first-order valence-corrected chi connectivity index (χ1v) is 19.1. The zero-order valence-electron chi connectivity index (χ0n) is 32.4. The summed E-state index contributed by atoms with van der Waals surface area (Å²) in [6.07, 6.45) is 3.87. The molecule has 0 spiro atoms. The highest BCUT2D eigenvalue weighted by Gasteiger charge is 2.33. The number of carbonyl (C=O) groups is 7. The lowest BCUT2D eigenvalue weighted by molar-refractivity contribution is -0.142. The summed E-state index contributed by atoms with van der Waals surface area (Å²) >= 11 is 0. The van der Waals surface area contributed by atoms with Crippen LogP contribution in [0.5, 0.6) is 0 Å². The Morgan fingerprint density at radius 3 is 1.49 bits per heavy atom. The average Bonchev–Trinajstić information content (AvgIpc) is 3.15. The Balaban J connectivity index is 3.22. The number of amides is 6. The van der Waals surface area contributed by atoms with Crippen LogP contribution in [0.3, 0.4) is 0 Å². The van der Waals surface area contributed by atoms with Gasteiger partial charge in [-0.1, -0.05) is 44.2 Å². The largest absolute Gasteiger partial charge is 0.480 e. The van der Waals surface area contributed by atoms with Crippen LogP contribution >= 0.6 is 0 Å². The fourth-order valence-corrected chi connectivity index (χ4v) is 5.58. The first-order valence-electron chi connectivity index (χ1n) is 19.1. The van der Waals surface area contributed by atoms with Crippen LogP contribution in [0.1, 0.15) is 84.1 Å². The molecule has 6 amide bonds. The summed E-state index contributed by atoms with van der Waals surface area (Å²) in [7, 11) is 0. The molecule has 18 heteroatoms. The highest BCUT2D eigenvalue weighted by atomic mass is 16.4. The van der Waals surface area contributed by atoms with Crippen LogP contribution in [0.2, 0.25) is 0 Å². The molecule has 0 aromatic heterocycles. The number of rotatable bonds is 28. The monoisotopic (exact) mass is 776 g/mol. The number of nitrogens with one attached hydrogen (secondary N) is 6. The number of carboxylic acid groups (broad SMARTS) is 1. The van der Waals surface area contributed by atoms with E-state index in [1.54, 1.807) is 44.2 Å². The molecule has 0 fully saturated rings. The highest BCUT2D eigenvalue weighted by molar-refractivity contribution is 5.97. The van der Waals surface area contributed by atoms with Gasteiger partial charge in [0.25, 0.3) is 0 Å². The Labute approximate surface area is 323 Å². The molecule has 0 aliphatic heterocycles. The standard InChI is InChI=1S/C37H64N10O8/c1-23(2)31(36(53)44-27(16-8-11-19-39)34(51)45-28(37(54)55)17-9-12-20-40)47-35(52)29(21-25-13-5-4-6-14-25)46-32(49)24(3)42-33(50)26(15-7-10-18-38)43-30(48)22-41/h4-6,13-14,23-24,26-29,31H,7-12,15-22,38-41H2,1-3H3,(H,42,50)(H,43,48)(H,44,53)(H,45,51)(H,46,49)(H,47,52)(H,54,55)/t24-,26-,27-,28-,29-,31-/m0/s1. The van der Waals surface area contributed by atoms with E-state index in [4.69, 9.17) is 22.9 Å². The quantitative estimate of drug-likeness (QED) is 0.0422. The smallest absolute Gasteiger partial charge is 0.326 e. The zero-order valence-corrected chi connectivity index (χ0v) is 32.4. The molecule has 1 aromatic rings. The first-order chi connectivity index (χ1) is 26.2. The average molecular weight is 777 g/mol. The lowest BCUT2D eigenvalue weighted by Gasteiger charge is -2.28. The molecule has 0 aliphatic rings. The van der Waals surface area contributed by atoms with Gasteiger partial charge < -0.3 is 59.9 Å². The van der Waals surface area contributed by atoms with Crippen LogP contribution in [-0.2, 0) is 40.0 Å². The van der Waals surface area contributed by atoms with E-state index >= 15 is 0 Å². The first kappa shape index (κ1) is 48.4.